The molecule has 0 unspecified atom stereocenters. The van der Waals surface area contributed by atoms with Gasteiger partial charge in [-0.25, -0.2) is 0 Å². The molecule has 4 nitrogen and oxygen atoms in total. The van der Waals surface area contributed by atoms with Crippen LogP contribution < -0.4 is 0 Å². The van der Waals surface area contributed by atoms with E-state index in [4.69, 9.17) is 4.55 Å². The Morgan fingerprint density at radius 1 is 1.20 bits per heavy atom. The van der Waals surface area contributed by atoms with Crippen LogP contribution in [0.1, 0.15) is 39.0 Å². The van der Waals surface area contributed by atoms with E-state index in [0.29, 0.717) is 0 Å². The van der Waals surface area contributed by atoms with Gasteiger partial charge in [-0.05, 0) is 18.9 Å². The van der Waals surface area contributed by atoms with Gasteiger partial charge in [-0.15, -0.1) is 0 Å². The first-order chi connectivity index (χ1) is 7.06. The summed E-state index contributed by atoms with van der Waals surface area (Å²) in [5.41, 5.74) is 0. The molecule has 5 heteroatoms. The van der Waals surface area contributed by atoms with Gasteiger partial charge >= 0.3 is 10.4 Å². The van der Waals surface area contributed by atoms with E-state index >= 15 is 0 Å². The van der Waals surface area contributed by atoms with Gasteiger partial charge < -0.3 is 4.18 Å². The van der Waals surface area contributed by atoms with Crippen LogP contribution in [0.5, 0.6) is 0 Å². The number of rotatable bonds is 8. The minimum absolute atomic E-state index is 0.928. The molecule has 1 N–H and O–H groups in total. The maximum Gasteiger partial charge on any atom is 0.445 e. The molecule has 0 aliphatic carbocycles. The Morgan fingerprint density at radius 2 is 1.93 bits per heavy atom. The summed E-state index contributed by atoms with van der Waals surface area (Å²) in [6.45, 7) is 2.16. The van der Waals surface area contributed by atoms with Gasteiger partial charge in [-0.1, -0.05) is 38.3 Å². The normalized spacial score (nSPS) is 12.7. The lowest BCUT2D eigenvalue weighted by atomic mass is 10.1. The maximum atomic E-state index is 10.1. The third-order valence-electron chi connectivity index (χ3n) is 1.73. The van der Waals surface area contributed by atoms with Crippen LogP contribution in [0.3, 0.4) is 0 Å². The Morgan fingerprint density at radius 3 is 2.53 bits per heavy atom. The van der Waals surface area contributed by atoms with Crippen LogP contribution in [0, 0.1) is 0 Å². The smallest absolute Gasteiger partial charge is 0.370 e. The third kappa shape index (κ3) is 13.2. The van der Waals surface area contributed by atoms with Crippen molar-refractivity contribution in [3.8, 4) is 0 Å². The van der Waals surface area contributed by atoms with Crippen LogP contribution in [0.25, 0.3) is 0 Å². The number of unbranched alkanes of at least 4 members (excludes halogenated alkanes) is 4. The lowest BCUT2D eigenvalue weighted by Crippen LogP contribution is -1.96. The summed E-state index contributed by atoms with van der Waals surface area (Å²) in [4.78, 5) is 0. The molecule has 0 spiro atoms. The zero-order valence-corrected chi connectivity index (χ0v) is 9.74. The van der Waals surface area contributed by atoms with E-state index in [2.05, 4.69) is 11.1 Å². The second-order valence-corrected chi connectivity index (χ2v) is 4.18. The molecule has 0 aliphatic heterocycles. The van der Waals surface area contributed by atoms with Crippen molar-refractivity contribution in [3.05, 3.63) is 24.5 Å². The third-order valence-corrected chi connectivity index (χ3v) is 2.08. The van der Waals surface area contributed by atoms with E-state index in [1.807, 2.05) is 6.08 Å². The molecular weight excluding hydrogens is 216 g/mol. The monoisotopic (exact) mass is 234 g/mol. The average Bonchev–Trinajstić information content (AvgIpc) is 2.14. The Kier molecular flexibility index (Phi) is 8.04. The highest BCUT2D eigenvalue weighted by atomic mass is 32.3. The molecule has 15 heavy (non-hydrogen) atoms. The van der Waals surface area contributed by atoms with Crippen LogP contribution in [0.4, 0.5) is 0 Å². The second-order valence-electron chi connectivity index (χ2n) is 3.13. The summed E-state index contributed by atoms with van der Waals surface area (Å²) in [6.07, 6.45) is 11.8. The first kappa shape index (κ1) is 14.2. The lowest BCUT2D eigenvalue weighted by Gasteiger charge is -1.93. The zero-order chi connectivity index (χ0) is 11.6. The molecule has 0 heterocycles. The Balaban J connectivity index is 3.46. The molecule has 88 valence electrons. The van der Waals surface area contributed by atoms with Gasteiger partial charge in [0.1, 0.15) is 6.26 Å². The topological polar surface area (TPSA) is 63.6 Å². The van der Waals surface area contributed by atoms with E-state index < -0.39 is 10.4 Å². The SMILES string of the molecule is CCCCCC/C=C/C=C/OS(=O)(=O)O. The van der Waals surface area contributed by atoms with Crippen LogP contribution in [0.2, 0.25) is 0 Å². The number of hydrogen-bond acceptors (Lipinski definition) is 3. The second kappa shape index (κ2) is 8.49. The van der Waals surface area contributed by atoms with Crippen molar-refractivity contribution in [1.29, 1.82) is 0 Å². The standard InChI is InChI=1S/C10H18O4S/c1-2-3-4-5-6-7-8-9-10-14-15(11,12)13/h7-10H,2-6H2,1H3,(H,11,12,13)/b8-7+,10-9+. The fraction of sp³-hybridized carbons (Fsp3) is 0.600. The first-order valence-electron chi connectivity index (χ1n) is 5.03. The van der Waals surface area contributed by atoms with Crippen molar-refractivity contribution in [1.82, 2.24) is 0 Å². The van der Waals surface area contributed by atoms with E-state index in [0.717, 1.165) is 19.1 Å². The molecule has 0 aromatic rings. The summed E-state index contributed by atoms with van der Waals surface area (Å²) in [5.74, 6) is 0. The van der Waals surface area contributed by atoms with Crippen LogP contribution >= 0.6 is 0 Å². The molecule has 0 atom stereocenters. The summed E-state index contributed by atoms with van der Waals surface area (Å²) in [7, 11) is -4.35. The number of allylic oxidation sites excluding steroid dienone is 3. The van der Waals surface area contributed by atoms with Gasteiger partial charge in [0.15, 0.2) is 0 Å². The minimum Gasteiger partial charge on any atom is -0.370 e. The molecule has 0 aromatic heterocycles. The van der Waals surface area contributed by atoms with Crippen molar-refractivity contribution in [3.63, 3.8) is 0 Å². The fourth-order valence-electron chi connectivity index (χ4n) is 1.01. The summed E-state index contributed by atoms with van der Waals surface area (Å²) in [6, 6.07) is 0. The van der Waals surface area contributed by atoms with E-state index in [1.165, 1.54) is 25.3 Å². The Bertz CT molecular complexity index is 291. The predicted octanol–water partition coefficient (Wildman–Crippen LogP) is 2.85. The highest BCUT2D eigenvalue weighted by Crippen LogP contribution is 2.02. The molecule has 0 radical (unpaired) electrons. The maximum absolute atomic E-state index is 10.1. The van der Waals surface area contributed by atoms with Crippen molar-refractivity contribution < 1.29 is 17.2 Å². The van der Waals surface area contributed by atoms with Crippen LogP contribution in [-0.4, -0.2) is 13.0 Å². The molecule has 0 rings (SSSR count). The Hall–Kier alpha value is -0.810. The molecule has 0 aliphatic rings. The van der Waals surface area contributed by atoms with Crippen LogP contribution in [0.15, 0.2) is 24.5 Å². The highest BCUT2D eigenvalue weighted by molar-refractivity contribution is 7.81. The van der Waals surface area contributed by atoms with E-state index in [1.54, 1.807) is 6.08 Å². The molecule has 0 saturated carbocycles. The van der Waals surface area contributed by atoms with Crippen molar-refractivity contribution >= 4 is 10.4 Å². The quantitative estimate of drug-likeness (QED) is 0.303. The summed E-state index contributed by atoms with van der Waals surface area (Å²) < 4.78 is 32.4. The van der Waals surface area contributed by atoms with Gasteiger partial charge in [0.05, 0.1) is 0 Å². The molecular formula is C10H18O4S. The van der Waals surface area contributed by atoms with Crippen LogP contribution in [-0.2, 0) is 14.6 Å². The lowest BCUT2D eigenvalue weighted by molar-refractivity contribution is 0.356. The zero-order valence-electron chi connectivity index (χ0n) is 8.93. The predicted molar refractivity (Wildman–Crippen MR) is 59.7 cm³/mol. The average molecular weight is 234 g/mol. The summed E-state index contributed by atoms with van der Waals surface area (Å²) in [5, 5.41) is 0. The molecule has 0 bridgehead atoms. The van der Waals surface area contributed by atoms with Gasteiger partial charge in [-0.3, -0.25) is 4.55 Å². The minimum atomic E-state index is -4.35. The van der Waals surface area contributed by atoms with Gasteiger partial charge in [0.2, 0.25) is 0 Å². The van der Waals surface area contributed by atoms with Gasteiger partial charge in [0.25, 0.3) is 0 Å². The van der Waals surface area contributed by atoms with Gasteiger partial charge in [0, 0.05) is 0 Å². The van der Waals surface area contributed by atoms with E-state index in [9.17, 15) is 8.42 Å². The molecule has 0 fully saturated rings. The molecule has 0 amide bonds. The van der Waals surface area contributed by atoms with Gasteiger partial charge in [-0.2, -0.15) is 8.42 Å². The molecule has 0 aromatic carbocycles. The summed E-state index contributed by atoms with van der Waals surface area (Å²) >= 11 is 0. The van der Waals surface area contributed by atoms with Crippen molar-refractivity contribution in [2.75, 3.05) is 0 Å². The molecule has 0 saturated heterocycles. The Labute approximate surface area is 91.6 Å². The first-order valence-corrected chi connectivity index (χ1v) is 6.40. The van der Waals surface area contributed by atoms with Crippen molar-refractivity contribution in [2.24, 2.45) is 0 Å². The largest absolute Gasteiger partial charge is 0.445 e. The van der Waals surface area contributed by atoms with E-state index in [-0.39, 0.29) is 0 Å². The fourth-order valence-corrected chi connectivity index (χ4v) is 1.22. The number of hydrogen-bond donors (Lipinski definition) is 1. The highest BCUT2D eigenvalue weighted by Gasteiger charge is 1.97. The van der Waals surface area contributed by atoms with Crippen molar-refractivity contribution in [2.45, 2.75) is 39.0 Å².